The van der Waals surface area contributed by atoms with Gasteiger partial charge in [0.25, 0.3) is 0 Å². The van der Waals surface area contributed by atoms with Gasteiger partial charge in [0.2, 0.25) is 5.91 Å². The van der Waals surface area contributed by atoms with E-state index < -0.39 is 0 Å². The molecule has 5 N–H and O–H groups in total. The Morgan fingerprint density at radius 1 is 0.833 bits per heavy atom. The largest absolute Gasteiger partial charge is 0.356 e. The molecule has 18 heavy (non-hydrogen) atoms. The smallest absolute Gasteiger partial charge is 0.216 e. The fourth-order valence-corrected chi connectivity index (χ4v) is 1.63. The second kappa shape index (κ2) is 14.4. The highest BCUT2D eigenvalue weighted by Crippen LogP contribution is 1.92. The molecule has 1 amide bonds. The summed E-state index contributed by atoms with van der Waals surface area (Å²) in [6.45, 7) is 7.29. The third-order valence-electron chi connectivity index (χ3n) is 2.67. The first-order valence-corrected chi connectivity index (χ1v) is 7.13. The standard InChI is InChI=1S/C13H30N4O/c1-13(18)17-12-6-11-16-9-4-2-3-8-15-10-5-7-14/h15-16H,2-12,14H2,1H3,(H,17,18). The van der Waals surface area contributed by atoms with Gasteiger partial charge >= 0.3 is 0 Å². The third kappa shape index (κ3) is 15.4. The summed E-state index contributed by atoms with van der Waals surface area (Å²) in [5.41, 5.74) is 5.40. The first-order valence-electron chi connectivity index (χ1n) is 7.13. The Hall–Kier alpha value is -0.650. The fourth-order valence-electron chi connectivity index (χ4n) is 1.63. The van der Waals surface area contributed by atoms with Crippen molar-refractivity contribution in [2.24, 2.45) is 5.73 Å². The lowest BCUT2D eigenvalue weighted by Crippen LogP contribution is -2.25. The molecule has 0 aliphatic heterocycles. The summed E-state index contributed by atoms with van der Waals surface area (Å²) in [6.07, 6.45) is 5.78. The molecule has 0 aliphatic rings. The molecule has 0 fully saturated rings. The van der Waals surface area contributed by atoms with Crippen LogP contribution < -0.4 is 21.7 Å². The Kier molecular flexibility index (Phi) is 13.9. The molecule has 5 nitrogen and oxygen atoms in total. The van der Waals surface area contributed by atoms with Crippen LogP contribution >= 0.6 is 0 Å². The van der Waals surface area contributed by atoms with E-state index >= 15 is 0 Å². The van der Waals surface area contributed by atoms with Crippen molar-refractivity contribution >= 4 is 5.91 Å². The molecule has 0 atom stereocenters. The summed E-state index contributed by atoms with van der Waals surface area (Å²) in [4.78, 5) is 10.6. The summed E-state index contributed by atoms with van der Waals surface area (Å²) in [5.74, 6) is 0.0529. The first kappa shape index (κ1) is 17.4. The molecule has 0 aromatic rings. The quantitative estimate of drug-likeness (QED) is 0.356. The van der Waals surface area contributed by atoms with E-state index in [1.807, 2.05) is 0 Å². The molecule has 0 rings (SSSR count). The minimum Gasteiger partial charge on any atom is -0.356 e. The average Bonchev–Trinajstić information content (AvgIpc) is 2.34. The lowest BCUT2D eigenvalue weighted by atomic mass is 10.2. The van der Waals surface area contributed by atoms with Crippen molar-refractivity contribution in [1.82, 2.24) is 16.0 Å². The highest BCUT2D eigenvalue weighted by atomic mass is 16.1. The maximum Gasteiger partial charge on any atom is 0.216 e. The molecule has 0 radical (unpaired) electrons. The Morgan fingerprint density at radius 3 is 1.94 bits per heavy atom. The maximum atomic E-state index is 10.6. The molecule has 0 heterocycles. The summed E-state index contributed by atoms with van der Waals surface area (Å²) in [6, 6.07) is 0. The van der Waals surface area contributed by atoms with Crippen molar-refractivity contribution in [1.29, 1.82) is 0 Å². The van der Waals surface area contributed by atoms with Gasteiger partial charge in [-0.15, -0.1) is 0 Å². The SMILES string of the molecule is CC(=O)NCCCNCCCCCNCCCN. The van der Waals surface area contributed by atoms with Crippen molar-refractivity contribution in [2.75, 3.05) is 39.3 Å². The number of nitrogens with one attached hydrogen (secondary N) is 3. The lowest BCUT2D eigenvalue weighted by molar-refractivity contribution is -0.118. The van der Waals surface area contributed by atoms with Gasteiger partial charge in [-0.05, 0) is 58.4 Å². The van der Waals surface area contributed by atoms with Crippen molar-refractivity contribution in [3.8, 4) is 0 Å². The number of amides is 1. The van der Waals surface area contributed by atoms with Gasteiger partial charge < -0.3 is 21.7 Å². The summed E-state index contributed by atoms with van der Waals surface area (Å²) in [5, 5.41) is 9.54. The Balaban J connectivity index is 2.92. The summed E-state index contributed by atoms with van der Waals surface area (Å²) in [7, 11) is 0. The Bertz CT molecular complexity index is 188. The van der Waals surface area contributed by atoms with Crippen LogP contribution in [0.25, 0.3) is 0 Å². The molecule has 0 aromatic heterocycles. The summed E-state index contributed by atoms with van der Waals surface area (Å²) < 4.78 is 0. The normalized spacial score (nSPS) is 10.6. The fraction of sp³-hybridized carbons (Fsp3) is 0.923. The van der Waals surface area contributed by atoms with Crippen molar-refractivity contribution < 1.29 is 4.79 Å². The predicted molar refractivity (Wildman–Crippen MR) is 76.6 cm³/mol. The molecule has 0 aliphatic carbocycles. The zero-order chi connectivity index (χ0) is 13.5. The molecule has 0 saturated heterocycles. The number of carbonyl (C=O) groups is 1. The van der Waals surface area contributed by atoms with Crippen LogP contribution in [-0.4, -0.2) is 45.2 Å². The van der Waals surface area contributed by atoms with Gasteiger partial charge in [-0.25, -0.2) is 0 Å². The van der Waals surface area contributed by atoms with E-state index in [1.54, 1.807) is 6.92 Å². The van der Waals surface area contributed by atoms with Crippen LogP contribution in [0.1, 0.15) is 39.0 Å². The van der Waals surface area contributed by atoms with Crippen molar-refractivity contribution in [3.05, 3.63) is 0 Å². The maximum absolute atomic E-state index is 10.6. The van der Waals surface area contributed by atoms with Crippen LogP contribution in [0.4, 0.5) is 0 Å². The van der Waals surface area contributed by atoms with Crippen LogP contribution in [0.15, 0.2) is 0 Å². The van der Waals surface area contributed by atoms with Crippen LogP contribution in [-0.2, 0) is 4.79 Å². The number of unbranched alkanes of at least 4 members (excludes halogenated alkanes) is 2. The topological polar surface area (TPSA) is 79.2 Å². The Morgan fingerprint density at radius 2 is 1.39 bits per heavy atom. The number of carbonyl (C=O) groups excluding carboxylic acids is 1. The molecular weight excluding hydrogens is 228 g/mol. The second-order valence-corrected chi connectivity index (χ2v) is 4.54. The van der Waals surface area contributed by atoms with Crippen LogP contribution in [0.5, 0.6) is 0 Å². The van der Waals surface area contributed by atoms with Crippen LogP contribution in [0, 0.1) is 0 Å². The minimum atomic E-state index is 0.0529. The molecule has 0 aromatic carbocycles. The van der Waals surface area contributed by atoms with Crippen LogP contribution in [0.3, 0.4) is 0 Å². The van der Waals surface area contributed by atoms with Gasteiger partial charge in [0.15, 0.2) is 0 Å². The highest BCUT2D eigenvalue weighted by molar-refractivity contribution is 5.72. The van der Waals surface area contributed by atoms with Gasteiger partial charge in [-0.1, -0.05) is 6.42 Å². The molecule has 108 valence electrons. The second-order valence-electron chi connectivity index (χ2n) is 4.54. The van der Waals surface area contributed by atoms with E-state index in [2.05, 4.69) is 16.0 Å². The monoisotopic (exact) mass is 258 g/mol. The van der Waals surface area contributed by atoms with E-state index in [1.165, 1.54) is 19.3 Å². The van der Waals surface area contributed by atoms with Gasteiger partial charge in [0.1, 0.15) is 0 Å². The number of hydrogen-bond acceptors (Lipinski definition) is 4. The summed E-state index contributed by atoms with van der Waals surface area (Å²) >= 11 is 0. The first-order chi connectivity index (χ1) is 8.77. The molecule has 0 saturated carbocycles. The van der Waals surface area contributed by atoms with E-state index in [9.17, 15) is 4.79 Å². The number of nitrogens with two attached hydrogens (primary N) is 1. The third-order valence-corrected chi connectivity index (χ3v) is 2.67. The van der Waals surface area contributed by atoms with Crippen molar-refractivity contribution in [3.63, 3.8) is 0 Å². The van der Waals surface area contributed by atoms with Crippen molar-refractivity contribution in [2.45, 2.75) is 39.0 Å². The molecule has 5 heteroatoms. The van der Waals surface area contributed by atoms with Gasteiger partial charge in [0.05, 0.1) is 0 Å². The lowest BCUT2D eigenvalue weighted by Gasteiger charge is -2.06. The minimum absolute atomic E-state index is 0.0529. The van der Waals surface area contributed by atoms with E-state index in [4.69, 9.17) is 5.73 Å². The molecular formula is C13H30N4O. The number of hydrogen-bond donors (Lipinski definition) is 4. The van der Waals surface area contributed by atoms with E-state index in [0.717, 1.165) is 52.1 Å². The zero-order valence-corrected chi connectivity index (χ0v) is 11.8. The van der Waals surface area contributed by atoms with E-state index in [0.29, 0.717) is 0 Å². The van der Waals surface area contributed by atoms with E-state index in [-0.39, 0.29) is 5.91 Å². The van der Waals surface area contributed by atoms with Gasteiger partial charge in [-0.2, -0.15) is 0 Å². The van der Waals surface area contributed by atoms with Crippen LogP contribution in [0.2, 0.25) is 0 Å². The molecule has 0 bridgehead atoms. The highest BCUT2D eigenvalue weighted by Gasteiger charge is 1.92. The molecule has 0 spiro atoms. The number of rotatable bonds is 13. The average molecular weight is 258 g/mol. The molecule has 0 unspecified atom stereocenters. The predicted octanol–water partition coefficient (Wildman–Crippen LogP) is 0.211. The van der Waals surface area contributed by atoms with Gasteiger partial charge in [0, 0.05) is 13.5 Å². The Labute approximate surface area is 111 Å². The van der Waals surface area contributed by atoms with Gasteiger partial charge in [-0.3, -0.25) is 4.79 Å². The zero-order valence-electron chi connectivity index (χ0n) is 11.8.